The molecule has 2 heterocycles. The SMILES string of the molecule is COCC(=O)NCCc1ccccc1-c1ccc([C@@H]2CNCC[C@H]2c2ccn(C)c(=O)c2)c(Cl)c1. The number of ether oxygens (including phenoxy) is 1. The van der Waals surface area contributed by atoms with Crippen LogP contribution in [0.2, 0.25) is 5.02 Å². The first-order valence-electron chi connectivity index (χ1n) is 12.0. The minimum Gasteiger partial charge on any atom is -0.375 e. The van der Waals surface area contributed by atoms with Crippen molar-refractivity contribution in [2.45, 2.75) is 24.7 Å². The van der Waals surface area contributed by atoms with Gasteiger partial charge in [-0.3, -0.25) is 9.59 Å². The third kappa shape index (κ3) is 6.01. The summed E-state index contributed by atoms with van der Waals surface area (Å²) in [6, 6.07) is 18.3. The van der Waals surface area contributed by atoms with E-state index in [0.29, 0.717) is 13.0 Å². The first-order chi connectivity index (χ1) is 17.0. The highest BCUT2D eigenvalue weighted by atomic mass is 35.5. The highest BCUT2D eigenvalue weighted by Crippen LogP contribution is 2.41. The molecule has 2 atom stereocenters. The molecule has 3 aromatic rings. The lowest BCUT2D eigenvalue weighted by molar-refractivity contribution is -0.124. The first-order valence-corrected chi connectivity index (χ1v) is 12.4. The van der Waals surface area contributed by atoms with Crippen LogP contribution in [0.3, 0.4) is 0 Å². The molecule has 2 aromatic carbocycles. The Balaban J connectivity index is 1.57. The average molecular weight is 494 g/mol. The lowest BCUT2D eigenvalue weighted by Crippen LogP contribution is -2.34. The van der Waals surface area contributed by atoms with Gasteiger partial charge in [-0.1, -0.05) is 48.0 Å². The third-order valence-electron chi connectivity index (χ3n) is 6.76. The number of nitrogens with one attached hydrogen (secondary N) is 2. The summed E-state index contributed by atoms with van der Waals surface area (Å²) in [7, 11) is 3.28. The van der Waals surface area contributed by atoms with Gasteiger partial charge in [-0.15, -0.1) is 0 Å². The maximum Gasteiger partial charge on any atom is 0.250 e. The molecule has 1 fully saturated rings. The van der Waals surface area contributed by atoms with Crippen molar-refractivity contribution in [1.82, 2.24) is 15.2 Å². The van der Waals surface area contributed by atoms with Gasteiger partial charge in [-0.2, -0.15) is 0 Å². The van der Waals surface area contributed by atoms with E-state index < -0.39 is 0 Å². The summed E-state index contributed by atoms with van der Waals surface area (Å²) in [5.74, 6) is 0.296. The molecule has 0 spiro atoms. The lowest BCUT2D eigenvalue weighted by atomic mass is 9.77. The zero-order chi connectivity index (χ0) is 24.8. The number of hydrogen-bond donors (Lipinski definition) is 2. The second-order valence-corrected chi connectivity index (χ2v) is 9.45. The van der Waals surface area contributed by atoms with Crippen molar-refractivity contribution >= 4 is 17.5 Å². The molecule has 0 aliphatic carbocycles. The summed E-state index contributed by atoms with van der Waals surface area (Å²) in [5, 5.41) is 7.11. The molecule has 1 aliphatic heterocycles. The van der Waals surface area contributed by atoms with Gasteiger partial charge in [0.15, 0.2) is 0 Å². The molecule has 1 amide bonds. The Labute approximate surface area is 211 Å². The molecule has 184 valence electrons. The predicted molar refractivity (Wildman–Crippen MR) is 140 cm³/mol. The van der Waals surface area contributed by atoms with Crippen LogP contribution in [0.15, 0.2) is 65.6 Å². The Kier molecular flexibility index (Phi) is 8.39. The van der Waals surface area contributed by atoms with E-state index in [4.69, 9.17) is 16.3 Å². The molecule has 0 saturated carbocycles. The molecule has 1 saturated heterocycles. The molecule has 0 radical (unpaired) electrons. The Hall–Kier alpha value is -2.93. The first kappa shape index (κ1) is 25.2. The van der Waals surface area contributed by atoms with Crippen LogP contribution < -0.4 is 16.2 Å². The summed E-state index contributed by atoms with van der Waals surface area (Å²) >= 11 is 6.89. The fraction of sp³-hybridized carbons (Fsp3) is 0.357. The minimum absolute atomic E-state index is 0.0104. The molecule has 4 rings (SSSR count). The number of amides is 1. The minimum atomic E-state index is -0.121. The smallest absolute Gasteiger partial charge is 0.250 e. The molecule has 2 N–H and O–H groups in total. The number of halogens is 1. The molecule has 0 bridgehead atoms. The van der Waals surface area contributed by atoms with Gasteiger partial charge < -0.3 is 19.9 Å². The number of nitrogens with zero attached hydrogens (tertiary/aromatic N) is 1. The quantitative estimate of drug-likeness (QED) is 0.499. The Bertz CT molecular complexity index is 1240. The maximum atomic E-state index is 12.3. The van der Waals surface area contributed by atoms with Gasteiger partial charge in [0.1, 0.15) is 6.61 Å². The van der Waals surface area contributed by atoms with Crippen molar-refractivity contribution in [1.29, 1.82) is 0 Å². The van der Waals surface area contributed by atoms with E-state index >= 15 is 0 Å². The highest BCUT2D eigenvalue weighted by Gasteiger charge is 2.29. The molecular formula is C28H32ClN3O3. The zero-order valence-corrected chi connectivity index (χ0v) is 21.0. The molecule has 7 heteroatoms. The summed E-state index contributed by atoms with van der Waals surface area (Å²) < 4.78 is 6.47. The second kappa shape index (κ2) is 11.7. The number of pyridine rings is 1. The summed E-state index contributed by atoms with van der Waals surface area (Å²) in [6.07, 6.45) is 3.51. The molecule has 35 heavy (non-hydrogen) atoms. The number of aromatic nitrogens is 1. The fourth-order valence-electron chi connectivity index (χ4n) is 4.91. The Morgan fingerprint density at radius 3 is 2.77 bits per heavy atom. The van der Waals surface area contributed by atoms with Crippen LogP contribution in [0, 0.1) is 0 Å². The third-order valence-corrected chi connectivity index (χ3v) is 7.09. The van der Waals surface area contributed by atoms with E-state index in [1.54, 1.807) is 17.7 Å². The summed E-state index contributed by atoms with van der Waals surface area (Å²) in [5.41, 5.74) is 5.47. The van der Waals surface area contributed by atoms with Gasteiger partial charge in [0, 0.05) is 50.5 Å². The van der Waals surface area contributed by atoms with Crippen LogP contribution >= 0.6 is 11.6 Å². The van der Waals surface area contributed by atoms with Crippen molar-refractivity contribution in [2.75, 3.05) is 33.4 Å². The highest BCUT2D eigenvalue weighted by molar-refractivity contribution is 6.31. The van der Waals surface area contributed by atoms with E-state index in [2.05, 4.69) is 34.9 Å². The van der Waals surface area contributed by atoms with E-state index in [1.807, 2.05) is 30.5 Å². The van der Waals surface area contributed by atoms with E-state index in [1.165, 1.54) is 7.11 Å². The summed E-state index contributed by atoms with van der Waals surface area (Å²) in [4.78, 5) is 24.0. The van der Waals surface area contributed by atoms with Crippen LogP contribution in [0.5, 0.6) is 0 Å². The number of carbonyl (C=O) groups is 1. The van der Waals surface area contributed by atoms with Crippen molar-refractivity contribution < 1.29 is 9.53 Å². The molecule has 6 nitrogen and oxygen atoms in total. The van der Waals surface area contributed by atoms with E-state index in [9.17, 15) is 9.59 Å². The predicted octanol–water partition coefficient (Wildman–Crippen LogP) is 3.87. The molecular weight excluding hydrogens is 462 g/mol. The lowest BCUT2D eigenvalue weighted by Gasteiger charge is -2.33. The van der Waals surface area contributed by atoms with Crippen LogP contribution in [0.4, 0.5) is 0 Å². The number of methoxy groups -OCH3 is 1. The number of rotatable bonds is 8. The largest absolute Gasteiger partial charge is 0.375 e. The number of piperidine rings is 1. The monoisotopic (exact) mass is 493 g/mol. The standard InChI is InChI=1S/C28H32ClN3O3/c1-32-14-11-21(16-28(32)34)23-10-12-30-17-25(23)24-8-7-20(15-26(24)29)22-6-4-3-5-19(22)9-13-31-27(33)18-35-2/h3-8,11,14-16,23,25,30H,9-10,12-13,17-18H2,1-2H3,(H,31,33)/t23-,25+/m0/s1. The topological polar surface area (TPSA) is 72.4 Å². The summed E-state index contributed by atoms with van der Waals surface area (Å²) in [6.45, 7) is 2.33. The molecule has 1 aliphatic rings. The normalized spacial score (nSPS) is 17.8. The molecule has 0 unspecified atom stereocenters. The average Bonchev–Trinajstić information content (AvgIpc) is 2.86. The van der Waals surface area contributed by atoms with E-state index in [-0.39, 0.29) is 29.9 Å². The van der Waals surface area contributed by atoms with Crippen molar-refractivity contribution in [3.05, 3.63) is 92.9 Å². The number of aryl methyl sites for hydroxylation is 1. The fourth-order valence-corrected chi connectivity index (χ4v) is 5.23. The van der Waals surface area contributed by atoms with Crippen LogP contribution in [-0.2, 0) is 23.0 Å². The van der Waals surface area contributed by atoms with Gasteiger partial charge in [0.05, 0.1) is 0 Å². The van der Waals surface area contributed by atoms with Crippen molar-refractivity contribution in [2.24, 2.45) is 7.05 Å². The van der Waals surface area contributed by atoms with Crippen molar-refractivity contribution in [3.63, 3.8) is 0 Å². The van der Waals surface area contributed by atoms with Gasteiger partial charge in [-0.05, 0) is 65.3 Å². The van der Waals surface area contributed by atoms with Crippen molar-refractivity contribution in [3.8, 4) is 11.1 Å². The van der Waals surface area contributed by atoms with Gasteiger partial charge in [0.2, 0.25) is 5.91 Å². The van der Waals surface area contributed by atoms with Gasteiger partial charge in [-0.25, -0.2) is 0 Å². The van der Waals surface area contributed by atoms with Crippen LogP contribution in [-0.4, -0.2) is 43.8 Å². The second-order valence-electron chi connectivity index (χ2n) is 9.04. The number of benzene rings is 2. The number of carbonyl (C=O) groups excluding carboxylic acids is 1. The molecule has 1 aromatic heterocycles. The van der Waals surface area contributed by atoms with Crippen LogP contribution in [0.1, 0.15) is 34.9 Å². The Morgan fingerprint density at radius 1 is 1.17 bits per heavy atom. The maximum absolute atomic E-state index is 12.3. The zero-order valence-electron chi connectivity index (χ0n) is 20.2. The van der Waals surface area contributed by atoms with Crippen LogP contribution in [0.25, 0.3) is 11.1 Å². The van der Waals surface area contributed by atoms with E-state index in [0.717, 1.165) is 52.4 Å². The Morgan fingerprint density at radius 2 is 2.00 bits per heavy atom. The van der Waals surface area contributed by atoms with Gasteiger partial charge >= 0.3 is 0 Å². The van der Waals surface area contributed by atoms with Gasteiger partial charge in [0.25, 0.3) is 5.56 Å². The number of hydrogen-bond acceptors (Lipinski definition) is 4.